The van der Waals surface area contributed by atoms with Gasteiger partial charge in [-0.3, -0.25) is 10.2 Å². The maximum atomic E-state index is 6.08. The van der Waals surface area contributed by atoms with E-state index in [2.05, 4.69) is 95.1 Å². The van der Waals surface area contributed by atoms with Gasteiger partial charge in [0.1, 0.15) is 6.34 Å². The Balaban J connectivity index is 1.77. The van der Waals surface area contributed by atoms with Crippen molar-refractivity contribution < 1.29 is 0 Å². The first-order valence-corrected chi connectivity index (χ1v) is 10.9. The SMILES string of the molecule is S=P1(c2ccccc2)N[C@@H](c2ccccc2)[C@H](c2ccccc2)N1. The molecular formula is C20H19N2PS. The average Bonchev–Trinajstić information content (AvgIpc) is 3.03. The highest BCUT2D eigenvalue weighted by Crippen LogP contribution is 2.51. The molecule has 1 saturated heterocycles. The number of rotatable bonds is 3. The lowest BCUT2D eigenvalue weighted by Crippen LogP contribution is -2.19. The minimum absolute atomic E-state index is 0.166. The van der Waals surface area contributed by atoms with E-state index in [0.29, 0.717) is 0 Å². The highest BCUT2D eigenvalue weighted by molar-refractivity contribution is 8.16. The molecule has 4 rings (SSSR count). The highest BCUT2D eigenvalue weighted by atomic mass is 32.4. The van der Waals surface area contributed by atoms with Crippen molar-refractivity contribution in [1.29, 1.82) is 0 Å². The lowest BCUT2D eigenvalue weighted by molar-refractivity contribution is 0.554. The first-order chi connectivity index (χ1) is 11.8. The molecule has 1 aliphatic heterocycles. The van der Waals surface area contributed by atoms with Crippen molar-refractivity contribution in [1.82, 2.24) is 10.2 Å². The van der Waals surface area contributed by atoms with Crippen molar-refractivity contribution in [2.24, 2.45) is 0 Å². The van der Waals surface area contributed by atoms with Crippen LogP contribution in [0.1, 0.15) is 23.2 Å². The molecule has 1 aliphatic rings. The number of hydrogen-bond donors (Lipinski definition) is 2. The average molecular weight is 350 g/mol. The van der Waals surface area contributed by atoms with Crippen LogP contribution in [-0.2, 0) is 11.8 Å². The molecule has 0 spiro atoms. The monoisotopic (exact) mass is 350 g/mol. The van der Waals surface area contributed by atoms with Crippen molar-refractivity contribution in [3.05, 3.63) is 102 Å². The summed E-state index contributed by atoms with van der Waals surface area (Å²) in [6.45, 7) is 0. The summed E-state index contributed by atoms with van der Waals surface area (Å²) in [5.41, 5.74) is 2.53. The van der Waals surface area contributed by atoms with E-state index < -0.39 is 6.34 Å². The van der Waals surface area contributed by atoms with Crippen LogP contribution in [0.5, 0.6) is 0 Å². The van der Waals surface area contributed by atoms with Gasteiger partial charge in [-0.05, 0) is 11.1 Å². The molecule has 1 fully saturated rings. The Bertz CT molecular complexity index is 801. The van der Waals surface area contributed by atoms with Gasteiger partial charge in [0.2, 0.25) is 0 Å². The van der Waals surface area contributed by atoms with Gasteiger partial charge in [0, 0.05) is 5.30 Å². The van der Waals surface area contributed by atoms with Gasteiger partial charge >= 0.3 is 0 Å². The van der Waals surface area contributed by atoms with Crippen LogP contribution in [0.15, 0.2) is 91.0 Å². The van der Waals surface area contributed by atoms with Gasteiger partial charge in [-0.25, -0.2) is 0 Å². The molecule has 0 saturated carbocycles. The summed E-state index contributed by atoms with van der Waals surface area (Å²) in [6, 6.07) is 31.9. The molecule has 0 unspecified atom stereocenters. The van der Waals surface area contributed by atoms with Crippen molar-refractivity contribution in [3.63, 3.8) is 0 Å². The third-order valence-corrected chi connectivity index (χ3v) is 7.99. The van der Waals surface area contributed by atoms with E-state index in [1.54, 1.807) is 0 Å². The molecule has 0 bridgehead atoms. The number of nitrogens with one attached hydrogen (secondary N) is 2. The summed E-state index contributed by atoms with van der Waals surface area (Å²) in [5, 5.41) is 8.71. The summed E-state index contributed by atoms with van der Waals surface area (Å²) in [4.78, 5) is 0. The van der Waals surface area contributed by atoms with Crippen LogP contribution in [0, 0.1) is 0 Å². The Morgan fingerprint density at radius 1 is 0.583 bits per heavy atom. The smallest absolute Gasteiger partial charge is 0.102 e. The van der Waals surface area contributed by atoms with E-state index in [9.17, 15) is 0 Å². The minimum atomic E-state index is -2.03. The topological polar surface area (TPSA) is 24.1 Å². The van der Waals surface area contributed by atoms with Crippen molar-refractivity contribution in [3.8, 4) is 0 Å². The molecule has 1 heterocycles. The maximum absolute atomic E-state index is 6.08. The standard InChI is InChI=1S/C20H19N2PS/c24-23(18-14-8-3-9-15-18)21-19(16-10-4-1-5-11-16)20(22-23)17-12-6-2-7-13-17/h1-15,19-20H,(H2,21,22,24)/t19-,20-/m0/s1. The molecule has 2 N–H and O–H groups in total. The molecule has 3 aromatic rings. The Labute approximate surface area is 148 Å². The van der Waals surface area contributed by atoms with E-state index >= 15 is 0 Å². The van der Waals surface area contributed by atoms with E-state index in [4.69, 9.17) is 11.8 Å². The molecule has 24 heavy (non-hydrogen) atoms. The van der Waals surface area contributed by atoms with Crippen molar-refractivity contribution >= 4 is 23.5 Å². The highest BCUT2D eigenvalue weighted by Gasteiger charge is 2.39. The van der Waals surface area contributed by atoms with Crippen LogP contribution in [0.25, 0.3) is 0 Å². The second-order valence-corrected chi connectivity index (χ2v) is 9.87. The fraction of sp³-hybridized carbons (Fsp3) is 0.100. The van der Waals surface area contributed by atoms with Gasteiger partial charge in [0.05, 0.1) is 12.1 Å². The predicted octanol–water partition coefficient (Wildman–Crippen LogP) is 4.30. The van der Waals surface area contributed by atoms with Crippen molar-refractivity contribution in [2.45, 2.75) is 12.1 Å². The van der Waals surface area contributed by atoms with Gasteiger partial charge < -0.3 is 0 Å². The summed E-state index contributed by atoms with van der Waals surface area (Å²) in [6.07, 6.45) is -2.03. The quantitative estimate of drug-likeness (QED) is 0.689. The van der Waals surface area contributed by atoms with Crippen LogP contribution in [0.4, 0.5) is 0 Å². The molecule has 2 atom stereocenters. The zero-order chi connectivity index (χ0) is 16.4. The van der Waals surface area contributed by atoms with Gasteiger partial charge in [0.25, 0.3) is 0 Å². The van der Waals surface area contributed by atoms with E-state index in [1.807, 2.05) is 6.07 Å². The zero-order valence-corrected chi connectivity index (χ0v) is 14.9. The van der Waals surface area contributed by atoms with Crippen LogP contribution in [0.2, 0.25) is 0 Å². The summed E-state index contributed by atoms with van der Waals surface area (Å²) >= 11 is 6.08. The normalized spacial score (nSPS) is 22.3. The van der Waals surface area contributed by atoms with Crippen LogP contribution in [0.3, 0.4) is 0 Å². The third kappa shape index (κ3) is 2.97. The fourth-order valence-electron chi connectivity index (χ4n) is 3.22. The first-order valence-electron chi connectivity index (χ1n) is 8.07. The van der Waals surface area contributed by atoms with Gasteiger partial charge in [-0.1, -0.05) is 103 Å². The van der Waals surface area contributed by atoms with E-state index in [0.717, 1.165) is 0 Å². The van der Waals surface area contributed by atoms with Crippen molar-refractivity contribution in [2.75, 3.05) is 0 Å². The second kappa shape index (κ2) is 6.62. The minimum Gasteiger partial charge on any atom is -0.265 e. The molecule has 0 aliphatic carbocycles. The molecule has 0 aromatic heterocycles. The molecule has 3 aromatic carbocycles. The second-order valence-electron chi connectivity index (χ2n) is 5.98. The predicted molar refractivity (Wildman–Crippen MR) is 105 cm³/mol. The summed E-state index contributed by atoms with van der Waals surface area (Å²) in [5.74, 6) is 0. The van der Waals surface area contributed by atoms with E-state index in [-0.39, 0.29) is 12.1 Å². The maximum Gasteiger partial charge on any atom is 0.102 e. The Morgan fingerprint density at radius 2 is 0.958 bits per heavy atom. The van der Waals surface area contributed by atoms with Crippen LogP contribution in [-0.4, -0.2) is 0 Å². The Kier molecular flexibility index (Phi) is 4.34. The molecular weight excluding hydrogens is 331 g/mol. The molecule has 4 heteroatoms. The lowest BCUT2D eigenvalue weighted by Gasteiger charge is -2.19. The Hall–Kier alpha value is -1.77. The Morgan fingerprint density at radius 3 is 1.38 bits per heavy atom. The van der Waals surface area contributed by atoms with E-state index in [1.165, 1.54) is 16.4 Å². The lowest BCUT2D eigenvalue weighted by atomic mass is 9.95. The largest absolute Gasteiger partial charge is 0.265 e. The zero-order valence-electron chi connectivity index (χ0n) is 13.2. The molecule has 0 amide bonds. The summed E-state index contributed by atoms with van der Waals surface area (Å²) < 4.78 is 0. The number of benzene rings is 3. The molecule has 120 valence electrons. The van der Waals surface area contributed by atoms with Gasteiger partial charge in [-0.15, -0.1) is 0 Å². The summed E-state index contributed by atoms with van der Waals surface area (Å²) in [7, 11) is 0. The molecule has 2 nitrogen and oxygen atoms in total. The van der Waals surface area contributed by atoms with Crippen LogP contribution < -0.4 is 15.5 Å². The third-order valence-electron chi connectivity index (χ3n) is 4.41. The van der Waals surface area contributed by atoms with Gasteiger partial charge in [-0.2, -0.15) is 0 Å². The van der Waals surface area contributed by atoms with Crippen LogP contribution >= 0.6 is 6.34 Å². The van der Waals surface area contributed by atoms with Gasteiger partial charge in [0.15, 0.2) is 0 Å². The fourth-order valence-corrected chi connectivity index (χ4v) is 6.61. The molecule has 0 radical (unpaired) electrons. The first kappa shape index (κ1) is 15.7. The number of hydrogen-bond acceptors (Lipinski definition) is 1.